The first-order valence-electron chi connectivity index (χ1n) is 6.48. The van der Waals surface area contributed by atoms with Gasteiger partial charge >= 0.3 is 0 Å². The second-order valence-corrected chi connectivity index (χ2v) is 5.16. The highest BCUT2D eigenvalue weighted by Gasteiger charge is 2.32. The standard InChI is InChI=1S/C13H25N3/c1-4-6-15-13(9-14)5-7-16(3)10-12-8-11(12)2/h11-13,15H,4-8,10H2,1-3H3. The van der Waals surface area contributed by atoms with Gasteiger partial charge in [-0.2, -0.15) is 5.26 Å². The Balaban J connectivity index is 2.09. The highest BCUT2D eigenvalue weighted by Crippen LogP contribution is 2.37. The second-order valence-electron chi connectivity index (χ2n) is 5.16. The van der Waals surface area contributed by atoms with Gasteiger partial charge in [-0.05, 0) is 44.7 Å². The van der Waals surface area contributed by atoms with E-state index >= 15 is 0 Å². The smallest absolute Gasteiger partial charge is 0.0965 e. The summed E-state index contributed by atoms with van der Waals surface area (Å²) < 4.78 is 0. The molecule has 3 heteroatoms. The fourth-order valence-corrected chi connectivity index (χ4v) is 2.03. The minimum atomic E-state index is 0.0269. The molecule has 3 unspecified atom stereocenters. The van der Waals surface area contributed by atoms with E-state index in [-0.39, 0.29) is 6.04 Å². The number of nitriles is 1. The van der Waals surface area contributed by atoms with Crippen molar-refractivity contribution in [3.05, 3.63) is 0 Å². The summed E-state index contributed by atoms with van der Waals surface area (Å²) in [4.78, 5) is 2.37. The zero-order valence-corrected chi connectivity index (χ0v) is 10.9. The molecule has 0 amide bonds. The van der Waals surface area contributed by atoms with Crippen molar-refractivity contribution in [3.8, 4) is 6.07 Å². The third kappa shape index (κ3) is 4.96. The van der Waals surface area contributed by atoms with Crippen LogP contribution >= 0.6 is 0 Å². The van der Waals surface area contributed by atoms with Gasteiger partial charge in [-0.3, -0.25) is 0 Å². The van der Waals surface area contributed by atoms with Gasteiger partial charge in [0, 0.05) is 13.1 Å². The van der Waals surface area contributed by atoms with Gasteiger partial charge in [-0.25, -0.2) is 0 Å². The van der Waals surface area contributed by atoms with E-state index in [2.05, 4.69) is 37.2 Å². The Hall–Kier alpha value is -0.590. The Morgan fingerprint density at radius 1 is 1.56 bits per heavy atom. The molecule has 16 heavy (non-hydrogen) atoms. The molecule has 0 aromatic rings. The van der Waals surface area contributed by atoms with Crippen LogP contribution < -0.4 is 5.32 Å². The molecule has 0 spiro atoms. The van der Waals surface area contributed by atoms with E-state index < -0.39 is 0 Å². The Morgan fingerprint density at radius 3 is 2.75 bits per heavy atom. The lowest BCUT2D eigenvalue weighted by Crippen LogP contribution is -2.33. The summed E-state index contributed by atoms with van der Waals surface area (Å²) in [5, 5.41) is 12.2. The molecule has 1 aliphatic rings. The summed E-state index contributed by atoms with van der Waals surface area (Å²) in [5.74, 6) is 1.83. The highest BCUT2D eigenvalue weighted by molar-refractivity contribution is 4.90. The molecule has 1 rings (SSSR count). The minimum absolute atomic E-state index is 0.0269. The van der Waals surface area contributed by atoms with E-state index in [1.807, 2.05) is 0 Å². The van der Waals surface area contributed by atoms with Crippen LogP contribution in [0.5, 0.6) is 0 Å². The van der Waals surface area contributed by atoms with Gasteiger partial charge in [0.2, 0.25) is 0 Å². The van der Waals surface area contributed by atoms with Gasteiger partial charge < -0.3 is 10.2 Å². The number of rotatable bonds is 8. The molecule has 0 aromatic carbocycles. The van der Waals surface area contributed by atoms with Crippen molar-refractivity contribution < 1.29 is 0 Å². The van der Waals surface area contributed by atoms with E-state index in [0.29, 0.717) is 0 Å². The van der Waals surface area contributed by atoms with E-state index in [1.54, 1.807) is 0 Å². The summed E-state index contributed by atoms with van der Waals surface area (Å²) in [6, 6.07) is 2.36. The van der Waals surface area contributed by atoms with E-state index in [1.165, 1.54) is 13.0 Å². The average Bonchev–Trinajstić information content (AvgIpc) is 2.94. The third-order valence-electron chi connectivity index (χ3n) is 3.42. The second kappa shape index (κ2) is 6.88. The Kier molecular flexibility index (Phi) is 5.79. The number of nitrogens with one attached hydrogen (secondary N) is 1. The maximum atomic E-state index is 8.97. The molecule has 0 bridgehead atoms. The fourth-order valence-electron chi connectivity index (χ4n) is 2.03. The first-order valence-corrected chi connectivity index (χ1v) is 6.48. The lowest BCUT2D eigenvalue weighted by Gasteiger charge is -2.18. The molecular formula is C13H25N3. The molecule has 3 nitrogen and oxygen atoms in total. The quantitative estimate of drug-likeness (QED) is 0.682. The molecule has 0 heterocycles. The van der Waals surface area contributed by atoms with Crippen LogP contribution in [-0.4, -0.2) is 37.6 Å². The van der Waals surface area contributed by atoms with Gasteiger partial charge in [0.25, 0.3) is 0 Å². The van der Waals surface area contributed by atoms with Crippen molar-refractivity contribution in [2.75, 3.05) is 26.7 Å². The predicted octanol–water partition coefficient (Wildman–Crippen LogP) is 1.86. The van der Waals surface area contributed by atoms with Gasteiger partial charge in [0.1, 0.15) is 0 Å². The lowest BCUT2D eigenvalue weighted by molar-refractivity contribution is 0.301. The molecule has 3 atom stereocenters. The van der Waals surface area contributed by atoms with E-state index in [9.17, 15) is 0 Å². The Bertz CT molecular complexity index is 234. The molecule has 92 valence electrons. The summed E-state index contributed by atoms with van der Waals surface area (Å²) in [6.07, 6.45) is 3.42. The molecule has 1 aliphatic carbocycles. The molecule has 0 aromatic heterocycles. The maximum absolute atomic E-state index is 8.97. The van der Waals surface area contributed by atoms with Crippen LogP contribution in [-0.2, 0) is 0 Å². The average molecular weight is 223 g/mol. The van der Waals surface area contributed by atoms with Gasteiger partial charge in [-0.15, -0.1) is 0 Å². The van der Waals surface area contributed by atoms with Crippen LogP contribution in [0.3, 0.4) is 0 Å². The zero-order chi connectivity index (χ0) is 12.0. The fraction of sp³-hybridized carbons (Fsp3) is 0.923. The van der Waals surface area contributed by atoms with Gasteiger partial charge in [-0.1, -0.05) is 13.8 Å². The van der Waals surface area contributed by atoms with Gasteiger partial charge in [0.05, 0.1) is 12.1 Å². The summed E-state index contributed by atoms with van der Waals surface area (Å²) >= 11 is 0. The van der Waals surface area contributed by atoms with Crippen molar-refractivity contribution >= 4 is 0 Å². The van der Waals surface area contributed by atoms with Crippen molar-refractivity contribution in [2.45, 2.75) is 39.2 Å². The van der Waals surface area contributed by atoms with Crippen molar-refractivity contribution in [2.24, 2.45) is 11.8 Å². The summed E-state index contributed by atoms with van der Waals surface area (Å²) in [7, 11) is 2.17. The van der Waals surface area contributed by atoms with Gasteiger partial charge in [0.15, 0.2) is 0 Å². The molecular weight excluding hydrogens is 198 g/mol. The number of nitrogens with zero attached hydrogens (tertiary/aromatic N) is 2. The topological polar surface area (TPSA) is 39.1 Å². The van der Waals surface area contributed by atoms with E-state index in [0.717, 1.165) is 37.8 Å². The zero-order valence-electron chi connectivity index (χ0n) is 10.9. The van der Waals surface area contributed by atoms with Crippen LogP contribution in [0.2, 0.25) is 0 Å². The minimum Gasteiger partial charge on any atom is -0.306 e. The SMILES string of the molecule is CCCNC(C#N)CCN(C)CC1CC1C. The van der Waals surface area contributed by atoms with Crippen molar-refractivity contribution in [1.29, 1.82) is 5.26 Å². The Labute approximate surface area is 99.8 Å². The largest absolute Gasteiger partial charge is 0.306 e. The highest BCUT2D eigenvalue weighted by atomic mass is 15.1. The summed E-state index contributed by atoms with van der Waals surface area (Å²) in [5.41, 5.74) is 0. The molecule has 1 N–H and O–H groups in total. The predicted molar refractivity (Wildman–Crippen MR) is 67.1 cm³/mol. The van der Waals surface area contributed by atoms with Crippen molar-refractivity contribution in [3.63, 3.8) is 0 Å². The number of hydrogen-bond acceptors (Lipinski definition) is 3. The molecule has 0 radical (unpaired) electrons. The van der Waals surface area contributed by atoms with Crippen LogP contribution in [0.15, 0.2) is 0 Å². The Morgan fingerprint density at radius 2 is 2.25 bits per heavy atom. The molecule has 0 saturated heterocycles. The van der Waals surface area contributed by atoms with Crippen molar-refractivity contribution in [1.82, 2.24) is 10.2 Å². The van der Waals surface area contributed by atoms with E-state index in [4.69, 9.17) is 5.26 Å². The number of hydrogen-bond donors (Lipinski definition) is 1. The summed E-state index contributed by atoms with van der Waals surface area (Å²) in [6.45, 7) is 7.62. The lowest BCUT2D eigenvalue weighted by atomic mass is 10.2. The maximum Gasteiger partial charge on any atom is 0.0965 e. The first-order chi connectivity index (χ1) is 7.67. The monoisotopic (exact) mass is 223 g/mol. The first kappa shape index (κ1) is 13.5. The van der Waals surface area contributed by atoms with Crippen LogP contribution in [0.4, 0.5) is 0 Å². The van der Waals surface area contributed by atoms with Crippen LogP contribution in [0.1, 0.15) is 33.1 Å². The molecule has 0 aliphatic heterocycles. The third-order valence-corrected chi connectivity index (χ3v) is 3.42. The van der Waals surface area contributed by atoms with Crippen LogP contribution in [0.25, 0.3) is 0 Å². The normalized spacial score (nSPS) is 25.4. The molecule has 1 fully saturated rings. The molecule has 1 saturated carbocycles. The van der Waals surface area contributed by atoms with Crippen LogP contribution in [0, 0.1) is 23.2 Å².